The largest absolute Gasteiger partial charge is 0.335 e. The van der Waals surface area contributed by atoms with Crippen LogP contribution in [0, 0.1) is 20.8 Å². The van der Waals surface area contributed by atoms with Crippen molar-refractivity contribution in [1.82, 2.24) is 9.97 Å². The molecule has 0 saturated heterocycles. The lowest BCUT2D eigenvalue weighted by molar-refractivity contribution is 0.103. The van der Waals surface area contributed by atoms with E-state index in [1.54, 1.807) is 0 Å². The van der Waals surface area contributed by atoms with Gasteiger partial charge in [-0.3, -0.25) is 4.79 Å². The van der Waals surface area contributed by atoms with E-state index in [-0.39, 0.29) is 5.78 Å². The summed E-state index contributed by atoms with van der Waals surface area (Å²) in [5.74, 6) is 0.675. The van der Waals surface area contributed by atoms with Gasteiger partial charge in [-0.2, -0.15) is 0 Å². The Hall–Kier alpha value is -3.46. The van der Waals surface area contributed by atoms with Crippen LogP contribution in [0.15, 0.2) is 72.8 Å². The molecule has 3 aromatic carbocycles. The number of benzene rings is 3. The molecule has 0 aliphatic rings. The van der Waals surface area contributed by atoms with E-state index in [2.05, 4.69) is 17.1 Å². The number of hydrogen-bond acceptors (Lipinski definition) is 2. The van der Waals surface area contributed by atoms with Gasteiger partial charge in [0.1, 0.15) is 17.2 Å². The molecule has 0 unspecified atom stereocenters. The zero-order valence-electron chi connectivity index (χ0n) is 16.3. The molecule has 3 heteroatoms. The lowest BCUT2D eigenvalue weighted by atomic mass is 9.94. The Kier molecular flexibility index (Phi) is 4.66. The molecule has 1 heterocycles. The van der Waals surface area contributed by atoms with E-state index < -0.39 is 0 Å². The molecule has 0 aliphatic heterocycles. The number of carbonyl (C=O) groups excluding carboxylic acids is 1. The Morgan fingerprint density at radius 1 is 0.786 bits per heavy atom. The fourth-order valence-electron chi connectivity index (χ4n) is 3.74. The fraction of sp³-hybridized carbons (Fsp3) is 0.120. The van der Waals surface area contributed by atoms with Crippen LogP contribution in [0.4, 0.5) is 0 Å². The van der Waals surface area contributed by atoms with Crippen LogP contribution in [0.3, 0.4) is 0 Å². The average Bonchev–Trinajstić information content (AvgIpc) is 3.14. The van der Waals surface area contributed by atoms with Crippen molar-refractivity contribution in [2.75, 3.05) is 0 Å². The average molecular weight is 366 g/mol. The van der Waals surface area contributed by atoms with Gasteiger partial charge >= 0.3 is 0 Å². The Labute approximate surface area is 165 Å². The van der Waals surface area contributed by atoms with Crippen LogP contribution < -0.4 is 0 Å². The topological polar surface area (TPSA) is 45.8 Å². The smallest absolute Gasteiger partial charge is 0.212 e. The second-order valence-electron chi connectivity index (χ2n) is 7.14. The molecule has 0 amide bonds. The third-order valence-corrected chi connectivity index (χ3v) is 4.93. The van der Waals surface area contributed by atoms with Crippen molar-refractivity contribution in [3.8, 4) is 22.6 Å². The molecule has 28 heavy (non-hydrogen) atoms. The maximum absolute atomic E-state index is 13.6. The highest BCUT2D eigenvalue weighted by molar-refractivity contribution is 6.13. The van der Waals surface area contributed by atoms with Crippen LogP contribution >= 0.6 is 0 Å². The first-order valence-electron chi connectivity index (χ1n) is 9.38. The lowest BCUT2D eigenvalue weighted by Gasteiger charge is -2.10. The van der Waals surface area contributed by atoms with Crippen LogP contribution in [0.5, 0.6) is 0 Å². The number of hydrogen-bond donors (Lipinski definition) is 1. The van der Waals surface area contributed by atoms with Crippen molar-refractivity contribution in [2.24, 2.45) is 0 Å². The van der Waals surface area contributed by atoms with Gasteiger partial charge < -0.3 is 4.98 Å². The molecule has 0 radical (unpaired) electrons. The van der Waals surface area contributed by atoms with Crippen LogP contribution in [-0.4, -0.2) is 15.8 Å². The van der Waals surface area contributed by atoms with Crippen LogP contribution in [0.1, 0.15) is 32.7 Å². The van der Waals surface area contributed by atoms with Gasteiger partial charge in [0.2, 0.25) is 5.78 Å². The number of carbonyl (C=O) groups is 1. The van der Waals surface area contributed by atoms with Crippen LogP contribution in [-0.2, 0) is 0 Å². The predicted molar refractivity (Wildman–Crippen MR) is 114 cm³/mol. The number of rotatable bonds is 4. The molecule has 138 valence electrons. The van der Waals surface area contributed by atoms with E-state index in [9.17, 15) is 4.79 Å². The molecular formula is C25H22N2O. The van der Waals surface area contributed by atoms with Crippen LogP contribution in [0.25, 0.3) is 22.6 Å². The van der Waals surface area contributed by atoms with Gasteiger partial charge in [0.05, 0.1) is 0 Å². The van der Waals surface area contributed by atoms with Crippen molar-refractivity contribution in [1.29, 1.82) is 0 Å². The summed E-state index contributed by atoms with van der Waals surface area (Å²) < 4.78 is 0. The fourth-order valence-corrected chi connectivity index (χ4v) is 3.74. The number of aromatic amines is 1. The molecule has 4 aromatic rings. The van der Waals surface area contributed by atoms with Crippen molar-refractivity contribution in [3.05, 3.63) is 101 Å². The second-order valence-corrected chi connectivity index (χ2v) is 7.14. The summed E-state index contributed by atoms with van der Waals surface area (Å²) in [4.78, 5) is 21.7. The highest BCUT2D eigenvalue weighted by Gasteiger charge is 2.23. The maximum Gasteiger partial charge on any atom is 0.212 e. The molecule has 1 aromatic heterocycles. The second kappa shape index (κ2) is 7.28. The quantitative estimate of drug-likeness (QED) is 0.457. The molecule has 0 saturated carbocycles. The lowest BCUT2D eigenvalue weighted by Crippen LogP contribution is -2.08. The molecule has 0 bridgehead atoms. The first-order chi connectivity index (χ1) is 13.5. The summed E-state index contributed by atoms with van der Waals surface area (Å²) in [6, 6.07) is 23.8. The number of nitrogens with zero attached hydrogens (tertiary/aromatic N) is 1. The molecule has 4 rings (SSSR count). The van der Waals surface area contributed by atoms with Gasteiger partial charge in [0.25, 0.3) is 0 Å². The van der Waals surface area contributed by atoms with E-state index in [0.717, 1.165) is 33.4 Å². The van der Waals surface area contributed by atoms with Gasteiger partial charge in [-0.05, 0) is 31.9 Å². The summed E-state index contributed by atoms with van der Waals surface area (Å²) in [5.41, 5.74) is 6.96. The van der Waals surface area contributed by atoms with Crippen molar-refractivity contribution in [2.45, 2.75) is 20.8 Å². The van der Waals surface area contributed by atoms with Gasteiger partial charge in [-0.25, -0.2) is 4.98 Å². The third-order valence-electron chi connectivity index (χ3n) is 4.93. The Morgan fingerprint density at radius 3 is 1.89 bits per heavy atom. The number of aromatic nitrogens is 2. The molecule has 0 atom stereocenters. The molecule has 0 aliphatic carbocycles. The Morgan fingerprint density at radius 2 is 1.32 bits per heavy atom. The zero-order chi connectivity index (χ0) is 19.7. The number of nitrogens with one attached hydrogen (secondary N) is 1. The normalized spacial score (nSPS) is 10.8. The Bertz CT molecular complexity index is 1120. The summed E-state index contributed by atoms with van der Waals surface area (Å²) in [6.45, 7) is 6.03. The summed E-state index contributed by atoms with van der Waals surface area (Å²) in [7, 11) is 0. The summed E-state index contributed by atoms with van der Waals surface area (Å²) >= 11 is 0. The van der Waals surface area contributed by atoms with Gasteiger partial charge in [-0.1, -0.05) is 78.4 Å². The van der Waals surface area contributed by atoms with Gasteiger partial charge in [0, 0.05) is 16.7 Å². The minimum atomic E-state index is -0.0245. The van der Waals surface area contributed by atoms with Crippen molar-refractivity contribution >= 4 is 5.78 Å². The minimum absolute atomic E-state index is 0.0245. The zero-order valence-corrected chi connectivity index (χ0v) is 16.3. The molecule has 0 fully saturated rings. The van der Waals surface area contributed by atoms with Crippen molar-refractivity contribution in [3.63, 3.8) is 0 Å². The molecule has 0 spiro atoms. The molecule has 3 nitrogen and oxygen atoms in total. The SMILES string of the molecule is Cc1cc(C)c(C(=O)c2[nH]c(-c3ccccc3)nc2-c2ccccc2)c(C)c1. The van der Waals surface area contributed by atoms with Gasteiger partial charge in [-0.15, -0.1) is 0 Å². The predicted octanol–water partition coefficient (Wildman–Crippen LogP) is 5.90. The number of aryl methyl sites for hydroxylation is 3. The number of ketones is 1. The highest BCUT2D eigenvalue weighted by Crippen LogP contribution is 2.29. The maximum atomic E-state index is 13.6. The van der Waals surface area contributed by atoms with E-state index >= 15 is 0 Å². The molecular weight excluding hydrogens is 344 g/mol. The van der Waals surface area contributed by atoms with E-state index in [1.165, 1.54) is 0 Å². The van der Waals surface area contributed by atoms with Crippen molar-refractivity contribution < 1.29 is 4.79 Å². The number of H-pyrrole nitrogens is 1. The first kappa shape index (κ1) is 17.9. The monoisotopic (exact) mass is 366 g/mol. The van der Waals surface area contributed by atoms with Gasteiger partial charge in [0.15, 0.2) is 0 Å². The first-order valence-corrected chi connectivity index (χ1v) is 9.38. The Balaban J connectivity index is 1.91. The summed E-state index contributed by atoms with van der Waals surface area (Å²) in [6.07, 6.45) is 0. The minimum Gasteiger partial charge on any atom is -0.335 e. The van der Waals surface area contributed by atoms with E-state index in [1.807, 2.05) is 81.4 Å². The molecule has 1 N–H and O–H groups in total. The standard InChI is InChI=1S/C25H22N2O/c1-16-14-17(2)21(18(3)15-16)24(28)23-22(19-10-6-4-7-11-19)26-25(27-23)20-12-8-5-9-13-20/h4-15H,1-3H3,(H,26,27). The van der Waals surface area contributed by atoms with E-state index in [0.29, 0.717) is 17.2 Å². The van der Waals surface area contributed by atoms with E-state index in [4.69, 9.17) is 4.98 Å². The van der Waals surface area contributed by atoms with Crippen LogP contribution in [0.2, 0.25) is 0 Å². The highest BCUT2D eigenvalue weighted by atomic mass is 16.1. The third kappa shape index (κ3) is 3.27. The number of imidazole rings is 1. The summed E-state index contributed by atoms with van der Waals surface area (Å²) in [5, 5.41) is 0.